The summed E-state index contributed by atoms with van der Waals surface area (Å²) in [6.07, 6.45) is 1.37. The van der Waals surface area contributed by atoms with Crippen molar-refractivity contribution >= 4 is 51.0 Å². The van der Waals surface area contributed by atoms with E-state index in [0.29, 0.717) is 21.3 Å². The summed E-state index contributed by atoms with van der Waals surface area (Å²) in [6, 6.07) is 16.8. The molecule has 0 saturated heterocycles. The third-order valence-corrected chi connectivity index (χ3v) is 7.22. The molecule has 3 aromatic carbocycles. The second-order valence-electron chi connectivity index (χ2n) is 7.57. The maximum absolute atomic E-state index is 13.5. The lowest BCUT2D eigenvalue weighted by Crippen LogP contribution is -2.40. The molecule has 0 bridgehead atoms. The third-order valence-electron chi connectivity index (χ3n) is 4.88. The first kappa shape index (κ1) is 24.8. The van der Waals surface area contributed by atoms with Gasteiger partial charge in [-0.25, -0.2) is 13.8 Å². The molecule has 3 aromatic rings. The Labute approximate surface area is 203 Å². The summed E-state index contributed by atoms with van der Waals surface area (Å²) < 4.78 is 28.1. The van der Waals surface area contributed by atoms with Crippen LogP contribution in [0, 0.1) is 20.8 Å². The summed E-state index contributed by atoms with van der Waals surface area (Å²) in [5.41, 5.74) is 5.88. The molecule has 0 radical (unpaired) electrons. The van der Waals surface area contributed by atoms with Gasteiger partial charge in [0.2, 0.25) is 0 Å². The van der Waals surface area contributed by atoms with Crippen LogP contribution in [0.5, 0.6) is 0 Å². The average Bonchev–Trinajstić information content (AvgIpc) is 2.75. The normalized spacial score (nSPS) is 11.5. The van der Waals surface area contributed by atoms with Crippen LogP contribution in [0.4, 0.5) is 5.69 Å². The van der Waals surface area contributed by atoms with Gasteiger partial charge in [0.25, 0.3) is 15.9 Å². The molecular weight excluding hydrogens is 481 g/mol. The van der Waals surface area contributed by atoms with E-state index in [9.17, 15) is 13.2 Å². The number of halogens is 2. The Morgan fingerprint density at radius 3 is 2.30 bits per heavy atom. The van der Waals surface area contributed by atoms with Gasteiger partial charge in [-0.15, -0.1) is 0 Å². The van der Waals surface area contributed by atoms with E-state index in [1.807, 2.05) is 26.0 Å². The molecule has 0 aliphatic carbocycles. The number of hydrazone groups is 1. The molecule has 0 spiro atoms. The third kappa shape index (κ3) is 6.13. The van der Waals surface area contributed by atoms with Crippen LogP contribution in [-0.4, -0.2) is 27.1 Å². The van der Waals surface area contributed by atoms with Crippen molar-refractivity contribution in [3.05, 3.63) is 93.0 Å². The molecule has 1 amide bonds. The van der Waals surface area contributed by atoms with Crippen LogP contribution in [0.15, 0.2) is 70.7 Å². The molecule has 0 heterocycles. The van der Waals surface area contributed by atoms with E-state index in [0.717, 1.165) is 21.0 Å². The van der Waals surface area contributed by atoms with Crippen LogP contribution in [0.3, 0.4) is 0 Å². The molecule has 3 rings (SSSR count). The van der Waals surface area contributed by atoms with Gasteiger partial charge in [-0.1, -0.05) is 59.1 Å². The van der Waals surface area contributed by atoms with Gasteiger partial charge in [-0.3, -0.25) is 9.10 Å². The number of benzene rings is 3. The van der Waals surface area contributed by atoms with Crippen LogP contribution in [-0.2, 0) is 14.8 Å². The summed E-state index contributed by atoms with van der Waals surface area (Å²) in [5, 5.41) is 4.76. The highest BCUT2D eigenvalue weighted by Crippen LogP contribution is 2.28. The Bertz CT molecular complexity index is 1310. The molecule has 172 valence electrons. The van der Waals surface area contributed by atoms with Gasteiger partial charge in [0.1, 0.15) is 6.54 Å². The van der Waals surface area contributed by atoms with Crippen molar-refractivity contribution in [3.8, 4) is 0 Å². The molecule has 0 fully saturated rings. The molecule has 0 atom stereocenters. The molecule has 0 aliphatic heterocycles. The molecule has 33 heavy (non-hydrogen) atoms. The smallest absolute Gasteiger partial charge is 0.264 e. The first-order valence-electron chi connectivity index (χ1n) is 10.0. The zero-order valence-electron chi connectivity index (χ0n) is 18.3. The SMILES string of the molecule is Cc1ccc(S(=O)(=O)N(CC(=O)N/N=C\c2ccc(Cl)cc2Cl)c2cc(C)ccc2C)cc1. The van der Waals surface area contributed by atoms with Crippen LogP contribution in [0.25, 0.3) is 0 Å². The predicted molar refractivity (Wildman–Crippen MR) is 134 cm³/mol. The predicted octanol–water partition coefficient (Wildman–Crippen LogP) is 5.26. The Hall–Kier alpha value is -2.87. The van der Waals surface area contributed by atoms with E-state index in [1.54, 1.807) is 43.3 Å². The summed E-state index contributed by atoms with van der Waals surface area (Å²) >= 11 is 12.0. The van der Waals surface area contributed by atoms with Gasteiger partial charge >= 0.3 is 0 Å². The van der Waals surface area contributed by atoms with Crippen molar-refractivity contribution in [2.75, 3.05) is 10.8 Å². The van der Waals surface area contributed by atoms with Crippen molar-refractivity contribution in [1.82, 2.24) is 5.43 Å². The number of nitrogens with one attached hydrogen (secondary N) is 1. The van der Waals surface area contributed by atoms with E-state index in [1.165, 1.54) is 18.3 Å². The Morgan fingerprint density at radius 2 is 1.64 bits per heavy atom. The second-order valence-corrected chi connectivity index (χ2v) is 10.3. The standard InChI is InChI=1S/C24H23Cl2N3O3S/c1-16-5-10-21(11-6-16)33(31,32)29(23-12-17(2)4-7-18(23)3)15-24(30)28-27-14-19-8-9-20(25)13-22(19)26/h4-14H,15H2,1-3H3,(H,28,30)/b27-14-. The first-order chi connectivity index (χ1) is 15.6. The van der Waals surface area contributed by atoms with Gasteiger partial charge in [0.15, 0.2) is 0 Å². The fraction of sp³-hybridized carbons (Fsp3) is 0.167. The number of carbonyl (C=O) groups excluding carboxylic acids is 1. The van der Waals surface area contributed by atoms with Gasteiger partial charge in [0, 0.05) is 10.6 Å². The number of sulfonamides is 1. The van der Waals surface area contributed by atoms with Crippen LogP contribution < -0.4 is 9.73 Å². The first-order valence-corrected chi connectivity index (χ1v) is 12.2. The van der Waals surface area contributed by atoms with Crippen LogP contribution >= 0.6 is 23.2 Å². The quantitative estimate of drug-likeness (QED) is 0.352. The number of nitrogens with zero attached hydrogens (tertiary/aromatic N) is 2. The van der Waals surface area contributed by atoms with E-state index in [-0.39, 0.29) is 4.90 Å². The minimum Gasteiger partial charge on any atom is -0.271 e. The topological polar surface area (TPSA) is 78.8 Å². The molecule has 1 N–H and O–H groups in total. The van der Waals surface area contributed by atoms with E-state index in [4.69, 9.17) is 23.2 Å². The van der Waals surface area contributed by atoms with Gasteiger partial charge in [-0.2, -0.15) is 5.10 Å². The molecule has 0 saturated carbocycles. The molecule has 0 aliphatic rings. The van der Waals surface area contributed by atoms with Crippen molar-refractivity contribution in [2.45, 2.75) is 25.7 Å². The van der Waals surface area contributed by atoms with Crippen molar-refractivity contribution in [3.63, 3.8) is 0 Å². The lowest BCUT2D eigenvalue weighted by molar-refractivity contribution is -0.119. The van der Waals surface area contributed by atoms with Gasteiger partial charge in [0.05, 0.1) is 21.8 Å². The van der Waals surface area contributed by atoms with Crippen LogP contribution in [0.2, 0.25) is 10.0 Å². The van der Waals surface area contributed by atoms with Gasteiger partial charge < -0.3 is 0 Å². The number of carbonyl (C=O) groups is 1. The van der Waals surface area contributed by atoms with E-state index < -0.39 is 22.5 Å². The maximum Gasteiger partial charge on any atom is 0.264 e. The lowest BCUT2D eigenvalue weighted by Gasteiger charge is -2.25. The number of anilines is 1. The van der Waals surface area contributed by atoms with Crippen LogP contribution in [0.1, 0.15) is 22.3 Å². The molecule has 9 heteroatoms. The number of hydrogen-bond donors (Lipinski definition) is 1. The number of hydrogen-bond acceptors (Lipinski definition) is 4. The summed E-state index contributed by atoms with van der Waals surface area (Å²) in [7, 11) is -4.01. The zero-order chi connectivity index (χ0) is 24.2. The highest BCUT2D eigenvalue weighted by molar-refractivity contribution is 7.92. The minimum absolute atomic E-state index is 0.0956. The van der Waals surface area contributed by atoms with Crippen molar-refractivity contribution in [1.29, 1.82) is 0 Å². The molecule has 0 aromatic heterocycles. The monoisotopic (exact) mass is 503 g/mol. The van der Waals surface area contributed by atoms with Gasteiger partial charge in [-0.05, 0) is 62.2 Å². The zero-order valence-corrected chi connectivity index (χ0v) is 20.7. The summed E-state index contributed by atoms with van der Waals surface area (Å²) in [5.74, 6) is -0.604. The fourth-order valence-corrected chi connectivity index (χ4v) is 5.01. The summed E-state index contributed by atoms with van der Waals surface area (Å²) in [6.45, 7) is 5.08. The number of aryl methyl sites for hydroxylation is 3. The minimum atomic E-state index is -4.01. The second kappa shape index (κ2) is 10.4. The number of amides is 1. The highest BCUT2D eigenvalue weighted by Gasteiger charge is 2.28. The maximum atomic E-state index is 13.5. The summed E-state index contributed by atoms with van der Waals surface area (Å²) in [4.78, 5) is 12.8. The molecular formula is C24H23Cl2N3O3S. The number of rotatable bonds is 7. The Balaban J connectivity index is 1.89. The average molecular weight is 504 g/mol. The fourth-order valence-electron chi connectivity index (χ4n) is 3.07. The van der Waals surface area contributed by atoms with Crippen molar-refractivity contribution < 1.29 is 13.2 Å². The lowest BCUT2D eigenvalue weighted by atomic mass is 10.1. The molecule has 6 nitrogen and oxygen atoms in total. The Kier molecular flexibility index (Phi) is 7.79. The largest absolute Gasteiger partial charge is 0.271 e. The highest BCUT2D eigenvalue weighted by atomic mass is 35.5. The van der Waals surface area contributed by atoms with E-state index >= 15 is 0 Å². The van der Waals surface area contributed by atoms with Crippen molar-refractivity contribution in [2.24, 2.45) is 5.10 Å². The van der Waals surface area contributed by atoms with E-state index in [2.05, 4.69) is 10.5 Å². The molecule has 0 unspecified atom stereocenters. The Morgan fingerprint density at radius 1 is 0.970 bits per heavy atom.